The van der Waals surface area contributed by atoms with Crippen LogP contribution in [-0.2, 0) is 39.9 Å². The van der Waals surface area contributed by atoms with E-state index in [9.17, 15) is 24.0 Å². The van der Waals surface area contributed by atoms with Crippen LogP contribution in [0.3, 0.4) is 0 Å². The first-order valence-corrected chi connectivity index (χ1v) is 22.0. The molecule has 14 nitrogen and oxygen atoms in total. The van der Waals surface area contributed by atoms with Gasteiger partial charge in [-0.3, -0.25) is 28.9 Å². The van der Waals surface area contributed by atoms with Crippen molar-refractivity contribution in [2.45, 2.75) is 129 Å². The Morgan fingerprint density at radius 2 is 1.44 bits per heavy atom. The molecule has 10 atom stereocenters. The van der Waals surface area contributed by atoms with E-state index in [1.165, 1.54) is 7.11 Å². The Morgan fingerprint density at radius 1 is 0.820 bits per heavy atom. The summed E-state index contributed by atoms with van der Waals surface area (Å²) in [7, 11) is 8.56. The summed E-state index contributed by atoms with van der Waals surface area (Å²) in [5.74, 6) is -2.23. The van der Waals surface area contributed by atoms with E-state index in [4.69, 9.17) is 15.2 Å². The van der Waals surface area contributed by atoms with Gasteiger partial charge in [-0.2, -0.15) is 0 Å². The van der Waals surface area contributed by atoms with E-state index in [1.807, 2.05) is 90.9 Å². The number of hydrogen-bond donors (Lipinski definition) is 4. The average Bonchev–Trinajstić information content (AvgIpc) is 3.72. The van der Waals surface area contributed by atoms with Gasteiger partial charge in [0.05, 0.1) is 42.7 Å². The molecule has 0 bridgehead atoms. The first-order valence-electron chi connectivity index (χ1n) is 22.0. The number of likely N-dealkylation sites (tertiary alicyclic amines) is 1. The summed E-state index contributed by atoms with van der Waals surface area (Å²) in [6, 6.07) is 13.3. The number of nitrogens with two attached hydrogens (primary N) is 1. The van der Waals surface area contributed by atoms with E-state index < -0.39 is 48.3 Å². The van der Waals surface area contributed by atoms with Crippen molar-refractivity contribution >= 4 is 40.9 Å². The molecule has 1 heterocycles. The van der Waals surface area contributed by atoms with E-state index in [2.05, 4.69) is 16.0 Å². The van der Waals surface area contributed by atoms with Crippen molar-refractivity contribution in [2.75, 3.05) is 53.0 Å². The van der Waals surface area contributed by atoms with Crippen LogP contribution in [0.15, 0.2) is 54.6 Å². The third kappa shape index (κ3) is 13.7. The van der Waals surface area contributed by atoms with Gasteiger partial charge in [-0.1, -0.05) is 91.6 Å². The molecule has 0 aliphatic carbocycles. The predicted molar refractivity (Wildman–Crippen MR) is 241 cm³/mol. The van der Waals surface area contributed by atoms with Crippen molar-refractivity contribution in [3.05, 3.63) is 60.2 Å². The van der Waals surface area contributed by atoms with E-state index >= 15 is 0 Å². The fraction of sp³-hybridized carbons (Fsp3) is 0.638. The lowest BCUT2D eigenvalue weighted by molar-refractivity contribution is -0.148. The number of nitrogen functional groups attached to an aromatic ring is 1. The van der Waals surface area contributed by atoms with Crippen LogP contribution in [0, 0.1) is 23.7 Å². The van der Waals surface area contributed by atoms with Crippen LogP contribution in [0.5, 0.6) is 0 Å². The Balaban J connectivity index is 1.82. The van der Waals surface area contributed by atoms with Gasteiger partial charge in [0.15, 0.2) is 0 Å². The molecule has 1 aliphatic rings. The fourth-order valence-electron chi connectivity index (χ4n) is 8.74. The van der Waals surface area contributed by atoms with Crippen molar-refractivity contribution in [1.82, 2.24) is 25.3 Å². The number of benzene rings is 2. The monoisotopic (exact) mass is 850 g/mol. The normalized spacial score (nSPS) is 18.6. The highest BCUT2D eigenvalue weighted by Gasteiger charge is 2.43. The van der Waals surface area contributed by atoms with Gasteiger partial charge in [0, 0.05) is 45.6 Å². The smallest absolute Gasteiger partial charge is 0.247 e. The average molecular weight is 850 g/mol. The Kier molecular flexibility index (Phi) is 20.2. The van der Waals surface area contributed by atoms with Gasteiger partial charge >= 0.3 is 0 Å². The second-order valence-corrected chi connectivity index (χ2v) is 17.5. The van der Waals surface area contributed by atoms with Gasteiger partial charge in [0.1, 0.15) is 12.1 Å². The van der Waals surface area contributed by atoms with Crippen molar-refractivity contribution in [1.29, 1.82) is 0 Å². The lowest BCUT2D eigenvalue weighted by atomic mass is 9.88. The van der Waals surface area contributed by atoms with Gasteiger partial charge < -0.3 is 41.0 Å². The van der Waals surface area contributed by atoms with Gasteiger partial charge in [0.25, 0.3) is 0 Å². The quantitative estimate of drug-likeness (QED) is 0.113. The lowest BCUT2D eigenvalue weighted by Gasteiger charge is -2.41. The summed E-state index contributed by atoms with van der Waals surface area (Å²) in [5, 5.41) is 8.97. The molecule has 0 spiro atoms. The summed E-state index contributed by atoms with van der Waals surface area (Å²) in [6.07, 6.45) is 1.68. The van der Waals surface area contributed by atoms with Crippen LogP contribution in [0.2, 0.25) is 0 Å². The zero-order valence-electron chi connectivity index (χ0n) is 38.8. The highest BCUT2D eigenvalue weighted by atomic mass is 16.5. The number of nitrogens with zero attached hydrogens (tertiary/aromatic N) is 3. The van der Waals surface area contributed by atoms with Crippen molar-refractivity contribution < 1.29 is 33.4 Å². The maximum absolute atomic E-state index is 14.5. The van der Waals surface area contributed by atoms with Crippen LogP contribution >= 0.6 is 0 Å². The minimum Gasteiger partial charge on any atom is -0.399 e. The maximum atomic E-state index is 14.5. The molecule has 0 radical (unpaired) electrons. The SMILES string of the molecule is CC[C@H](C)[C@@H]([C@@H](CC(=O)N1CCC[C@H]1[C@H](OC)[C@@H](C)C(=O)N[C@@H](Cc1ccccc1)C(=O)Nc1ccc(N)cc1)OC)N(C)C(=O)[C@@H](NC(=O)[C@H](C(C)C)N(C)C)[C@@H](C)CC. The minimum absolute atomic E-state index is 0.00248. The zero-order valence-corrected chi connectivity index (χ0v) is 38.8. The molecule has 2 aromatic rings. The largest absolute Gasteiger partial charge is 0.399 e. The van der Waals surface area contributed by atoms with Crippen molar-refractivity contribution in [3.63, 3.8) is 0 Å². The summed E-state index contributed by atoms with van der Waals surface area (Å²) in [4.78, 5) is 75.5. The molecule has 61 heavy (non-hydrogen) atoms. The fourth-order valence-corrected chi connectivity index (χ4v) is 8.74. The summed E-state index contributed by atoms with van der Waals surface area (Å²) >= 11 is 0. The number of likely N-dealkylation sites (N-methyl/N-ethyl adjacent to an activating group) is 2. The van der Waals surface area contributed by atoms with Gasteiger partial charge in [0.2, 0.25) is 29.5 Å². The molecule has 5 N–H and O–H groups in total. The number of ether oxygens (including phenoxy) is 2. The molecule has 1 fully saturated rings. The molecule has 1 saturated heterocycles. The van der Waals surface area contributed by atoms with E-state index in [-0.39, 0.29) is 60.1 Å². The number of amides is 5. The van der Waals surface area contributed by atoms with Gasteiger partial charge in [-0.05, 0) is 74.5 Å². The van der Waals surface area contributed by atoms with E-state index in [1.54, 1.807) is 55.1 Å². The molecule has 3 rings (SSSR count). The molecule has 14 heteroatoms. The molecule has 340 valence electrons. The number of anilines is 2. The third-order valence-electron chi connectivity index (χ3n) is 12.6. The molecule has 2 aromatic carbocycles. The topological polar surface area (TPSA) is 176 Å². The van der Waals surface area contributed by atoms with Crippen LogP contribution in [-0.4, -0.2) is 129 Å². The minimum atomic E-state index is -0.897. The number of methoxy groups -OCH3 is 2. The van der Waals surface area contributed by atoms with Gasteiger partial charge in [-0.15, -0.1) is 0 Å². The highest BCUT2D eigenvalue weighted by Crippen LogP contribution is 2.30. The van der Waals surface area contributed by atoms with Crippen LogP contribution in [0.4, 0.5) is 11.4 Å². The van der Waals surface area contributed by atoms with Crippen LogP contribution < -0.4 is 21.7 Å². The zero-order chi connectivity index (χ0) is 45.6. The standard InChI is InChI=1S/C47H75N7O7/c1-13-30(5)40(51-46(58)41(29(3)4)52(8)9)47(59)53(10)42(31(6)14-2)38(60-11)28-39(55)54-26-18-21-37(54)43(61-12)32(7)44(56)50-36(27-33-19-16-15-17-20-33)45(57)49-35-24-22-34(48)23-25-35/h15-17,19-20,22-25,29-32,36-38,40-43H,13-14,18,21,26-28,48H2,1-12H3,(H,49,57)(H,50,56)(H,51,58)/t30-,31-,32+,36-,37-,38+,40-,41-,42-,43+/m0/s1. The van der Waals surface area contributed by atoms with E-state index in [0.717, 1.165) is 18.4 Å². The second-order valence-electron chi connectivity index (χ2n) is 17.5. The molecular formula is C47H75N7O7. The molecule has 0 unspecified atom stereocenters. The first kappa shape index (κ1) is 50.8. The number of hydrogen-bond acceptors (Lipinski definition) is 9. The first-order chi connectivity index (χ1) is 28.9. The highest BCUT2D eigenvalue weighted by molar-refractivity contribution is 5.98. The molecule has 1 aliphatic heterocycles. The number of rotatable bonds is 23. The van der Waals surface area contributed by atoms with Gasteiger partial charge in [-0.25, -0.2) is 0 Å². The molecular weight excluding hydrogens is 775 g/mol. The summed E-state index contributed by atoms with van der Waals surface area (Å²) < 4.78 is 12.1. The van der Waals surface area contributed by atoms with Crippen molar-refractivity contribution in [2.24, 2.45) is 23.7 Å². The van der Waals surface area contributed by atoms with Crippen molar-refractivity contribution in [3.8, 4) is 0 Å². The predicted octanol–water partition coefficient (Wildman–Crippen LogP) is 4.97. The van der Waals surface area contributed by atoms with Crippen LogP contribution in [0.1, 0.15) is 86.1 Å². The van der Waals surface area contributed by atoms with Crippen LogP contribution in [0.25, 0.3) is 0 Å². The lowest BCUT2D eigenvalue weighted by Crippen LogP contribution is -2.60. The third-order valence-corrected chi connectivity index (χ3v) is 12.6. The Labute approximate surface area is 365 Å². The number of nitrogens with one attached hydrogen (secondary N) is 3. The Bertz CT molecular complexity index is 1700. The maximum Gasteiger partial charge on any atom is 0.247 e. The molecule has 0 aromatic heterocycles. The summed E-state index contributed by atoms with van der Waals surface area (Å²) in [5.41, 5.74) is 7.84. The second kappa shape index (κ2) is 24.2. The summed E-state index contributed by atoms with van der Waals surface area (Å²) in [6.45, 7) is 14.3. The number of carbonyl (C=O) groups excluding carboxylic acids is 5. The number of carbonyl (C=O) groups is 5. The Hall–Kier alpha value is -4.53. The molecule has 5 amide bonds. The van der Waals surface area contributed by atoms with E-state index in [0.29, 0.717) is 30.8 Å². The Morgan fingerprint density at radius 3 is 1.98 bits per heavy atom. The molecule has 0 saturated carbocycles.